The molecule has 0 aliphatic heterocycles. The molecule has 17 heavy (non-hydrogen) atoms. The number of carbonyl (C=O) groups excluding carboxylic acids is 1. The fraction of sp³-hybridized carbons (Fsp3) is 0.909. The molecule has 0 aromatic rings. The highest BCUT2D eigenvalue weighted by molar-refractivity contribution is 14.1. The number of hydrogen-bond donors (Lipinski definition) is 1. The Labute approximate surface area is 122 Å². The van der Waals surface area contributed by atoms with E-state index in [-0.39, 0.29) is 11.5 Å². The molecule has 0 spiro atoms. The molecule has 1 N–H and O–H groups in total. The molecule has 0 fully saturated rings. The zero-order valence-corrected chi connectivity index (χ0v) is 15.5. The summed E-state index contributed by atoms with van der Waals surface area (Å²) in [5.74, 6) is 0.0958. The first-order chi connectivity index (χ1) is 7.66. The maximum Gasteiger partial charge on any atom is 0.229 e. The van der Waals surface area contributed by atoms with Crippen LogP contribution in [0, 0.1) is 0 Å². The second-order valence-electron chi connectivity index (χ2n) is 5.34. The van der Waals surface area contributed by atoms with Gasteiger partial charge in [-0.15, -0.1) is 0 Å². The molecule has 0 rings (SSSR count). The summed E-state index contributed by atoms with van der Waals surface area (Å²) < 4.78 is 6.40. The number of rotatable bonds is 8. The van der Waals surface area contributed by atoms with Crippen LogP contribution in [-0.2, 0) is 9.53 Å². The molecule has 0 radical (unpaired) electrons. The van der Waals surface area contributed by atoms with Gasteiger partial charge in [-0.05, 0) is 20.3 Å². The standard InChI is InChI=1S/C11H24INO2P2/c1-11(2,5-6-13-10(14)9-12)15-7-8-17(3,4)16/h5-9,16H2,1-4H3/p+1. The molecule has 0 aliphatic carbocycles. The minimum absolute atomic E-state index is 0.0958. The van der Waals surface area contributed by atoms with Crippen LogP contribution >= 0.6 is 38.5 Å². The Morgan fingerprint density at radius 1 is 1.47 bits per heavy atom. The van der Waals surface area contributed by atoms with Crippen LogP contribution in [-0.4, -0.2) is 48.6 Å². The Morgan fingerprint density at radius 2 is 2.06 bits per heavy atom. The number of nitrogens with one attached hydrogen (secondary N) is 1. The van der Waals surface area contributed by atoms with E-state index in [0.29, 0.717) is 11.0 Å². The summed E-state index contributed by atoms with van der Waals surface area (Å²) in [6.45, 7) is 9.40. The molecular formula is C11H25INO2P2+. The maximum atomic E-state index is 11.1. The van der Waals surface area contributed by atoms with Gasteiger partial charge in [0, 0.05) is 22.4 Å². The molecule has 1 unspecified atom stereocenters. The zero-order chi connectivity index (χ0) is 13.5. The van der Waals surface area contributed by atoms with Crippen molar-refractivity contribution in [1.82, 2.24) is 5.32 Å². The summed E-state index contributed by atoms with van der Waals surface area (Å²) >= 11 is 2.06. The normalized spacial score (nSPS) is 12.6. The van der Waals surface area contributed by atoms with E-state index in [1.165, 1.54) is 0 Å². The van der Waals surface area contributed by atoms with E-state index < -0.39 is 6.95 Å². The van der Waals surface area contributed by atoms with E-state index in [4.69, 9.17) is 4.74 Å². The van der Waals surface area contributed by atoms with E-state index in [9.17, 15) is 4.79 Å². The van der Waals surface area contributed by atoms with Crippen molar-refractivity contribution in [2.24, 2.45) is 0 Å². The first-order valence-electron chi connectivity index (χ1n) is 5.74. The number of carbonyl (C=O) groups is 1. The largest absolute Gasteiger partial charge is 0.372 e. The molecular weight excluding hydrogens is 367 g/mol. The lowest BCUT2D eigenvalue weighted by Gasteiger charge is -2.26. The molecule has 3 nitrogen and oxygen atoms in total. The molecule has 1 amide bonds. The summed E-state index contributed by atoms with van der Waals surface area (Å²) in [6, 6.07) is 0. The third-order valence-electron chi connectivity index (χ3n) is 2.33. The quantitative estimate of drug-likeness (QED) is 0.392. The third-order valence-corrected chi connectivity index (χ3v) is 5.13. The SMILES string of the molecule is CC(C)(CCNC(=O)CI)OCC[P+](C)(C)P. The van der Waals surface area contributed by atoms with Crippen molar-refractivity contribution in [2.45, 2.75) is 25.9 Å². The molecule has 0 aromatic heterocycles. The molecule has 102 valence electrons. The number of halogens is 1. The van der Waals surface area contributed by atoms with E-state index in [2.05, 4.69) is 64.0 Å². The van der Waals surface area contributed by atoms with Crippen LogP contribution in [0.1, 0.15) is 20.3 Å². The Balaban J connectivity index is 3.76. The van der Waals surface area contributed by atoms with Crippen molar-refractivity contribution in [1.29, 1.82) is 0 Å². The molecule has 0 bridgehead atoms. The van der Waals surface area contributed by atoms with Crippen LogP contribution < -0.4 is 5.32 Å². The smallest absolute Gasteiger partial charge is 0.229 e. The lowest BCUT2D eigenvalue weighted by atomic mass is 10.1. The van der Waals surface area contributed by atoms with Gasteiger partial charge in [-0.2, -0.15) is 0 Å². The van der Waals surface area contributed by atoms with E-state index >= 15 is 0 Å². The lowest BCUT2D eigenvalue weighted by Crippen LogP contribution is -2.33. The van der Waals surface area contributed by atoms with Crippen molar-refractivity contribution in [2.75, 3.05) is 37.1 Å². The summed E-state index contributed by atoms with van der Waals surface area (Å²) in [4.78, 5) is 11.1. The van der Waals surface area contributed by atoms with Crippen LogP contribution in [0.2, 0.25) is 0 Å². The maximum absolute atomic E-state index is 11.1. The van der Waals surface area contributed by atoms with Crippen LogP contribution in [0.25, 0.3) is 0 Å². The van der Waals surface area contributed by atoms with E-state index in [1.54, 1.807) is 0 Å². The zero-order valence-electron chi connectivity index (χ0n) is 11.3. The van der Waals surface area contributed by atoms with Crippen molar-refractivity contribution in [3.05, 3.63) is 0 Å². The average molecular weight is 392 g/mol. The van der Waals surface area contributed by atoms with Gasteiger partial charge in [-0.25, -0.2) is 0 Å². The number of alkyl halides is 1. The lowest BCUT2D eigenvalue weighted by molar-refractivity contribution is -0.118. The van der Waals surface area contributed by atoms with Gasteiger partial charge in [0.15, 0.2) is 0 Å². The predicted octanol–water partition coefficient (Wildman–Crippen LogP) is 2.79. The van der Waals surface area contributed by atoms with E-state index in [1.807, 2.05) is 0 Å². The Kier molecular flexibility index (Phi) is 8.74. The Bertz CT molecular complexity index is 242. The monoisotopic (exact) mass is 392 g/mol. The van der Waals surface area contributed by atoms with Crippen molar-refractivity contribution in [3.63, 3.8) is 0 Å². The Hall–Kier alpha value is 1.02. The minimum Gasteiger partial charge on any atom is -0.372 e. The summed E-state index contributed by atoms with van der Waals surface area (Å²) in [6.07, 6.45) is 1.98. The van der Waals surface area contributed by atoms with Gasteiger partial charge >= 0.3 is 0 Å². The van der Waals surface area contributed by atoms with Gasteiger partial charge in [0.2, 0.25) is 5.91 Å². The minimum atomic E-state index is -0.827. The van der Waals surface area contributed by atoms with Crippen molar-refractivity contribution < 1.29 is 9.53 Å². The van der Waals surface area contributed by atoms with Crippen LogP contribution in [0.4, 0.5) is 0 Å². The van der Waals surface area contributed by atoms with Crippen molar-refractivity contribution >= 4 is 44.4 Å². The van der Waals surface area contributed by atoms with Gasteiger partial charge in [0.25, 0.3) is 0 Å². The van der Waals surface area contributed by atoms with E-state index in [0.717, 1.165) is 19.2 Å². The van der Waals surface area contributed by atoms with Crippen LogP contribution in [0.5, 0.6) is 0 Å². The summed E-state index contributed by atoms with van der Waals surface area (Å²) in [5, 5.41) is 2.87. The fourth-order valence-corrected chi connectivity index (χ4v) is 2.33. The summed E-state index contributed by atoms with van der Waals surface area (Å²) in [5.41, 5.74) is -0.154. The molecule has 0 heterocycles. The second kappa shape index (κ2) is 8.24. The van der Waals surface area contributed by atoms with Crippen molar-refractivity contribution in [3.8, 4) is 0 Å². The first-order valence-corrected chi connectivity index (χ1v) is 11.8. The third kappa shape index (κ3) is 11.8. The van der Waals surface area contributed by atoms with Crippen LogP contribution in [0.15, 0.2) is 0 Å². The molecule has 0 aromatic carbocycles. The predicted molar refractivity (Wildman–Crippen MR) is 89.9 cm³/mol. The van der Waals surface area contributed by atoms with Gasteiger partial charge in [0.05, 0.1) is 36.1 Å². The first kappa shape index (κ1) is 18.0. The number of ether oxygens (including phenoxy) is 1. The fourth-order valence-electron chi connectivity index (χ4n) is 1.18. The topological polar surface area (TPSA) is 38.3 Å². The van der Waals surface area contributed by atoms with Gasteiger partial charge in [0.1, 0.15) is 0 Å². The van der Waals surface area contributed by atoms with Gasteiger partial charge in [-0.3, -0.25) is 4.79 Å². The average Bonchev–Trinajstić information content (AvgIpc) is 2.14. The highest BCUT2D eigenvalue weighted by Crippen LogP contribution is 2.59. The van der Waals surface area contributed by atoms with Gasteiger partial charge in [-0.1, -0.05) is 22.6 Å². The summed E-state index contributed by atoms with van der Waals surface area (Å²) in [7, 11) is 2.94. The molecule has 1 atom stereocenters. The van der Waals surface area contributed by atoms with Gasteiger partial charge < -0.3 is 10.1 Å². The highest BCUT2D eigenvalue weighted by atomic mass is 127. The number of amides is 1. The molecule has 0 saturated heterocycles. The van der Waals surface area contributed by atoms with Crippen LogP contribution in [0.3, 0.4) is 0 Å². The molecule has 0 aliphatic rings. The highest BCUT2D eigenvalue weighted by Gasteiger charge is 2.22. The Morgan fingerprint density at radius 3 is 2.53 bits per heavy atom. The second-order valence-corrected chi connectivity index (χ2v) is 14.3. The molecule has 0 saturated carbocycles. The molecule has 6 heteroatoms. The number of hydrogen-bond acceptors (Lipinski definition) is 2.